The molecule has 0 atom stereocenters. The van der Waals surface area contributed by atoms with E-state index in [-0.39, 0.29) is 22.4 Å². The summed E-state index contributed by atoms with van der Waals surface area (Å²) in [4.78, 5) is 13.5. The lowest BCUT2D eigenvalue weighted by molar-refractivity contribution is -0.130. The Morgan fingerprint density at radius 2 is 2.05 bits per heavy atom. The van der Waals surface area contributed by atoms with Crippen molar-refractivity contribution < 1.29 is 13.2 Å². The summed E-state index contributed by atoms with van der Waals surface area (Å²) in [6.45, 7) is 2.34. The van der Waals surface area contributed by atoms with Gasteiger partial charge < -0.3 is 10.2 Å². The van der Waals surface area contributed by atoms with Crippen LogP contribution in [0.2, 0.25) is 5.02 Å². The van der Waals surface area contributed by atoms with Crippen molar-refractivity contribution in [1.82, 2.24) is 14.9 Å². The molecule has 2 rings (SSSR count). The summed E-state index contributed by atoms with van der Waals surface area (Å²) in [6, 6.07) is 4.47. The van der Waals surface area contributed by atoms with Gasteiger partial charge in [0.25, 0.3) is 0 Å². The zero-order chi connectivity index (χ0) is 15.5. The monoisotopic (exact) mass is 395 g/mol. The molecule has 1 amide bonds. The van der Waals surface area contributed by atoms with Crippen molar-refractivity contribution in [1.29, 1.82) is 0 Å². The maximum Gasteiger partial charge on any atom is 0.242 e. The van der Waals surface area contributed by atoms with E-state index in [1.165, 1.54) is 12.1 Å². The molecule has 2 N–H and O–H groups in total. The van der Waals surface area contributed by atoms with Crippen molar-refractivity contribution in [2.75, 3.05) is 32.7 Å². The highest BCUT2D eigenvalue weighted by molar-refractivity contribution is 9.10. The Bertz CT molecular complexity index is 633. The molecule has 1 aliphatic heterocycles. The molecule has 0 saturated carbocycles. The van der Waals surface area contributed by atoms with Crippen LogP contribution in [-0.4, -0.2) is 51.9 Å². The molecule has 9 heteroatoms. The second-order valence-electron chi connectivity index (χ2n) is 4.53. The minimum absolute atomic E-state index is 0.0412. The molecule has 0 radical (unpaired) electrons. The van der Waals surface area contributed by atoms with Crippen LogP contribution in [0, 0.1) is 0 Å². The van der Waals surface area contributed by atoms with Crippen LogP contribution in [0.4, 0.5) is 0 Å². The summed E-state index contributed by atoms with van der Waals surface area (Å²) in [5.74, 6) is -0.242. The molecule has 1 heterocycles. The Morgan fingerprint density at radius 3 is 2.67 bits per heavy atom. The number of piperazine rings is 1. The normalized spacial score (nSPS) is 16.0. The van der Waals surface area contributed by atoms with E-state index in [2.05, 4.69) is 26.0 Å². The Labute approximate surface area is 137 Å². The molecular formula is C12H15BrClN3O3S. The first-order valence-electron chi connectivity index (χ1n) is 6.33. The highest BCUT2D eigenvalue weighted by atomic mass is 79.9. The van der Waals surface area contributed by atoms with Gasteiger partial charge in [-0.05, 0) is 18.2 Å². The number of rotatable bonds is 4. The molecule has 1 fully saturated rings. The molecule has 0 aromatic heterocycles. The van der Waals surface area contributed by atoms with Crippen LogP contribution < -0.4 is 10.0 Å². The van der Waals surface area contributed by atoms with Crippen LogP contribution in [0.5, 0.6) is 0 Å². The SMILES string of the molecule is O=C(CNS(=O)(=O)c1ccc(Br)cc1Cl)N1CCNCC1. The fourth-order valence-corrected chi connectivity index (χ4v) is 3.96. The molecule has 1 aliphatic rings. The first-order valence-corrected chi connectivity index (χ1v) is 8.99. The van der Waals surface area contributed by atoms with Gasteiger partial charge in [0.2, 0.25) is 15.9 Å². The van der Waals surface area contributed by atoms with E-state index in [0.717, 1.165) is 13.1 Å². The molecule has 0 bridgehead atoms. The number of nitrogens with one attached hydrogen (secondary N) is 2. The Kier molecular flexibility index (Phi) is 5.61. The number of nitrogens with zero attached hydrogens (tertiary/aromatic N) is 1. The number of carbonyl (C=O) groups excluding carboxylic acids is 1. The van der Waals surface area contributed by atoms with Crippen LogP contribution >= 0.6 is 27.5 Å². The smallest absolute Gasteiger partial charge is 0.242 e. The first kappa shape index (κ1) is 16.7. The van der Waals surface area contributed by atoms with Crippen LogP contribution in [-0.2, 0) is 14.8 Å². The lowest BCUT2D eigenvalue weighted by atomic mass is 10.3. The van der Waals surface area contributed by atoms with Crippen molar-refractivity contribution in [3.8, 4) is 0 Å². The van der Waals surface area contributed by atoms with Gasteiger partial charge in [-0.2, -0.15) is 0 Å². The summed E-state index contributed by atoms with van der Waals surface area (Å²) in [5, 5.41) is 3.23. The zero-order valence-corrected chi connectivity index (χ0v) is 14.3. The summed E-state index contributed by atoms with van der Waals surface area (Å²) >= 11 is 9.14. The summed E-state index contributed by atoms with van der Waals surface area (Å²) in [7, 11) is -3.81. The van der Waals surface area contributed by atoms with Gasteiger partial charge in [-0.1, -0.05) is 27.5 Å². The summed E-state index contributed by atoms with van der Waals surface area (Å²) in [6.07, 6.45) is 0. The molecule has 1 aromatic carbocycles. The largest absolute Gasteiger partial charge is 0.339 e. The second-order valence-corrected chi connectivity index (χ2v) is 7.59. The number of sulfonamides is 1. The van der Waals surface area contributed by atoms with Gasteiger partial charge in [0.05, 0.1) is 11.6 Å². The number of carbonyl (C=O) groups is 1. The van der Waals surface area contributed by atoms with E-state index >= 15 is 0 Å². The predicted molar refractivity (Wildman–Crippen MR) is 83.8 cm³/mol. The Balaban J connectivity index is 2.02. The van der Waals surface area contributed by atoms with E-state index in [1.54, 1.807) is 11.0 Å². The number of halogens is 2. The number of hydrogen-bond donors (Lipinski definition) is 2. The Hall–Kier alpha value is -0.670. The highest BCUT2D eigenvalue weighted by Crippen LogP contribution is 2.24. The molecule has 1 aromatic rings. The molecular weight excluding hydrogens is 382 g/mol. The second kappa shape index (κ2) is 7.06. The minimum atomic E-state index is -3.81. The predicted octanol–water partition coefficient (Wildman–Crippen LogP) is 0.813. The van der Waals surface area contributed by atoms with Gasteiger partial charge in [-0.3, -0.25) is 4.79 Å². The van der Waals surface area contributed by atoms with Gasteiger partial charge in [0.1, 0.15) is 4.90 Å². The third kappa shape index (κ3) is 4.40. The van der Waals surface area contributed by atoms with E-state index in [0.29, 0.717) is 17.6 Å². The molecule has 21 heavy (non-hydrogen) atoms. The lowest BCUT2D eigenvalue weighted by Gasteiger charge is -2.27. The standard InChI is InChI=1S/C12H15BrClN3O3S/c13-9-1-2-11(10(14)7-9)21(19,20)16-8-12(18)17-5-3-15-4-6-17/h1-2,7,15-16H,3-6,8H2. The van der Waals surface area contributed by atoms with Gasteiger partial charge in [-0.25, -0.2) is 13.1 Å². The van der Waals surface area contributed by atoms with Crippen molar-refractivity contribution in [2.24, 2.45) is 0 Å². The third-order valence-electron chi connectivity index (χ3n) is 3.07. The third-order valence-corrected chi connectivity index (χ3v) is 5.44. The fourth-order valence-electron chi connectivity index (χ4n) is 1.95. The van der Waals surface area contributed by atoms with Crippen LogP contribution in [0.1, 0.15) is 0 Å². The van der Waals surface area contributed by atoms with Crippen LogP contribution in [0.15, 0.2) is 27.6 Å². The average Bonchev–Trinajstić information content (AvgIpc) is 2.45. The van der Waals surface area contributed by atoms with Crippen LogP contribution in [0.3, 0.4) is 0 Å². The van der Waals surface area contributed by atoms with Gasteiger partial charge >= 0.3 is 0 Å². The van der Waals surface area contributed by atoms with Crippen molar-refractivity contribution in [3.63, 3.8) is 0 Å². The van der Waals surface area contributed by atoms with Crippen molar-refractivity contribution in [3.05, 3.63) is 27.7 Å². The minimum Gasteiger partial charge on any atom is -0.339 e. The van der Waals surface area contributed by atoms with E-state index in [1.807, 2.05) is 0 Å². The van der Waals surface area contributed by atoms with Crippen molar-refractivity contribution >= 4 is 43.5 Å². The lowest BCUT2D eigenvalue weighted by Crippen LogP contribution is -2.49. The maximum absolute atomic E-state index is 12.2. The molecule has 0 aliphatic carbocycles. The van der Waals surface area contributed by atoms with E-state index < -0.39 is 10.0 Å². The van der Waals surface area contributed by atoms with Crippen molar-refractivity contribution in [2.45, 2.75) is 4.90 Å². The molecule has 116 valence electrons. The van der Waals surface area contributed by atoms with E-state index in [4.69, 9.17) is 11.6 Å². The summed E-state index contributed by atoms with van der Waals surface area (Å²) < 4.78 is 27.3. The number of benzene rings is 1. The summed E-state index contributed by atoms with van der Waals surface area (Å²) in [5.41, 5.74) is 0. The number of amides is 1. The van der Waals surface area contributed by atoms with Gasteiger partial charge in [-0.15, -0.1) is 0 Å². The first-order chi connectivity index (χ1) is 9.90. The average molecular weight is 397 g/mol. The zero-order valence-electron chi connectivity index (χ0n) is 11.1. The molecule has 0 unspecified atom stereocenters. The highest BCUT2D eigenvalue weighted by Gasteiger charge is 2.22. The van der Waals surface area contributed by atoms with Gasteiger partial charge in [0, 0.05) is 30.7 Å². The Morgan fingerprint density at radius 1 is 1.38 bits per heavy atom. The van der Waals surface area contributed by atoms with Crippen LogP contribution in [0.25, 0.3) is 0 Å². The van der Waals surface area contributed by atoms with Gasteiger partial charge in [0.15, 0.2) is 0 Å². The quantitative estimate of drug-likeness (QED) is 0.789. The molecule has 1 saturated heterocycles. The van der Waals surface area contributed by atoms with E-state index in [9.17, 15) is 13.2 Å². The topological polar surface area (TPSA) is 78.5 Å². The molecule has 6 nitrogen and oxygen atoms in total. The fraction of sp³-hybridized carbons (Fsp3) is 0.417. The molecule has 0 spiro atoms. The number of hydrogen-bond acceptors (Lipinski definition) is 4. The maximum atomic E-state index is 12.2.